The number of amides is 1. The van der Waals surface area contributed by atoms with Gasteiger partial charge < -0.3 is 15.0 Å². The SMILES string of the molecule is O=C(C1CCCN1)N1CCCC(Oc2ccc(Cl)cn2)C1. The summed E-state index contributed by atoms with van der Waals surface area (Å²) in [5.41, 5.74) is 0. The first-order chi connectivity index (χ1) is 10.2. The van der Waals surface area contributed by atoms with Crippen LogP contribution in [0.2, 0.25) is 5.02 Å². The van der Waals surface area contributed by atoms with Crippen molar-refractivity contribution in [3.63, 3.8) is 0 Å². The average molecular weight is 310 g/mol. The maximum Gasteiger partial charge on any atom is 0.239 e. The Morgan fingerprint density at radius 1 is 1.38 bits per heavy atom. The Bertz CT molecular complexity index is 488. The van der Waals surface area contributed by atoms with E-state index in [9.17, 15) is 4.79 Å². The number of hydrogen-bond donors (Lipinski definition) is 1. The molecule has 1 aromatic heterocycles. The number of rotatable bonds is 3. The van der Waals surface area contributed by atoms with Crippen LogP contribution >= 0.6 is 11.6 Å². The van der Waals surface area contributed by atoms with Gasteiger partial charge in [-0.3, -0.25) is 4.79 Å². The highest BCUT2D eigenvalue weighted by molar-refractivity contribution is 6.30. The molecule has 5 nitrogen and oxygen atoms in total. The van der Waals surface area contributed by atoms with Gasteiger partial charge in [0.25, 0.3) is 0 Å². The maximum atomic E-state index is 12.4. The van der Waals surface area contributed by atoms with Crippen LogP contribution in [0.4, 0.5) is 0 Å². The Morgan fingerprint density at radius 2 is 2.29 bits per heavy atom. The predicted molar refractivity (Wildman–Crippen MR) is 80.5 cm³/mol. The van der Waals surface area contributed by atoms with Gasteiger partial charge in [0.15, 0.2) is 0 Å². The molecule has 2 saturated heterocycles. The van der Waals surface area contributed by atoms with Crippen molar-refractivity contribution >= 4 is 17.5 Å². The second kappa shape index (κ2) is 6.62. The third kappa shape index (κ3) is 3.66. The smallest absolute Gasteiger partial charge is 0.239 e. The van der Waals surface area contributed by atoms with Gasteiger partial charge in [-0.2, -0.15) is 0 Å². The summed E-state index contributed by atoms with van der Waals surface area (Å²) >= 11 is 5.81. The van der Waals surface area contributed by atoms with E-state index in [2.05, 4.69) is 10.3 Å². The van der Waals surface area contributed by atoms with Crippen molar-refractivity contribution in [3.05, 3.63) is 23.4 Å². The number of halogens is 1. The highest BCUT2D eigenvalue weighted by Crippen LogP contribution is 2.19. The standard InChI is InChI=1S/C15H20ClN3O2/c16-11-5-6-14(18-9-11)21-12-3-2-8-19(10-12)15(20)13-4-1-7-17-13/h5-6,9,12-13,17H,1-4,7-8,10H2. The van der Waals surface area contributed by atoms with Gasteiger partial charge in [-0.1, -0.05) is 11.6 Å². The highest BCUT2D eigenvalue weighted by Gasteiger charge is 2.31. The molecule has 2 unspecified atom stereocenters. The zero-order valence-corrected chi connectivity index (χ0v) is 12.7. The van der Waals surface area contributed by atoms with Crippen LogP contribution in [0.5, 0.6) is 5.88 Å². The third-order valence-electron chi connectivity index (χ3n) is 4.04. The fourth-order valence-electron chi connectivity index (χ4n) is 2.95. The number of ether oxygens (including phenoxy) is 1. The molecule has 21 heavy (non-hydrogen) atoms. The largest absolute Gasteiger partial charge is 0.472 e. The summed E-state index contributed by atoms with van der Waals surface area (Å²) < 4.78 is 5.87. The van der Waals surface area contributed by atoms with E-state index in [0.29, 0.717) is 17.4 Å². The molecule has 0 aromatic carbocycles. The molecule has 2 atom stereocenters. The first-order valence-electron chi connectivity index (χ1n) is 7.53. The summed E-state index contributed by atoms with van der Waals surface area (Å²) in [7, 11) is 0. The zero-order chi connectivity index (χ0) is 14.7. The van der Waals surface area contributed by atoms with Gasteiger partial charge >= 0.3 is 0 Å². The van der Waals surface area contributed by atoms with E-state index >= 15 is 0 Å². The van der Waals surface area contributed by atoms with Gasteiger partial charge in [-0.25, -0.2) is 4.98 Å². The van der Waals surface area contributed by atoms with Crippen molar-refractivity contribution in [1.82, 2.24) is 15.2 Å². The summed E-state index contributed by atoms with van der Waals surface area (Å²) in [5.74, 6) is 0.780. The normalized spacial score (nSPS) is 25.9. The second-order valence-corrected chi connectivity index (χ2v) is 6.07. The third-order valence-corrected chi connectivity index (χ3v) is 4.26. The Labute approximate surface area is 129 Å². The molecule has 0 spiro atoms. The van der Waals surface area contributed by atoms with Crippen molar-refractivity contribution < 1.29 is 9.53 Å². The van der Waals surface area contributed by atoms with Crippen molar-refractivity contribution in [1.29, 1.82) is 0 Å². The molecule has 0 saturated carbocycles. The van der Waals surface area contributed by atoms with Gasteiger partial charge in [0.1, 0.15) is 6.10 Å². The van der Waals surface area contributed by atoms with Gasteiger partial charge in [-0.05, 0) is 38.3 Å². The molecule has 114 valence electrons. The summed E-state index contributed by atoms with van der Waals surface area (Å²) in [4.78, 5) is 18.5. The van der Waals surface area contributed by atoms with Crippen LogP contribution in [0.1, 0.15) is 25.7 Å². The van der Waals surface area contributed by atoms with E-state index in [4.69, 9.17) is 16.3 Å². The van der Waals surface area contributed by atoms with E-state index in [1.165, 1.54) is 0 Å². The lowest BCUT2D eigenvalue weighted by molar-refractivity contribution is -0.135. The number of pyridine rings is 1. The van der Waals surface area contributed by atoms with Crippen LogP contribution in [0, 0.1) is 0 Å². The number of likely N-dealkylation sites (tertiary alicyclic amines) is 1. The fourth-order valence-corrected chi connectivity index (χ4v) is 3.06. The van der Waals surface area contributed by atoms with Crippen LogP contribution in [0.15, 0.2) is 18.3 Å². The molecule has 0 bridgehead atoms. The van der Waals surface area contributed by atoms with Gasteiger partial charge in [0.05, 0.1) is 17.6 Å². The molecule has 1 N–H and O–H groups in total. The molecule has 0 aliphatic carbocycles. The molecule has 3 heterocycles. The average Bonchev–Trinajstić information content (AvgIpc) is 3.03. The van der Waals surface area contributed by atoms with Crippen molar-refractivity contribution in [2.45, 2.75) is 37.8 Å². The van der Waals surface area contributed by atoms with Crippen molar-refractivity contribution in [2.24, 2.45) is 0 Å². The number of hydrogen-bond acceptors (Lipinski definition) is 4. The van der Waals surface area contributed by atoms with E-state index in [0.717, 1.165) is 38.8 Å². The molecule has 2 aliphatic heterocycles. The van der Waals surface area contributed by atoms with Crippen molar-refractivity contribution in [2.75, 3.05) is 19.6 Å². The number of nitrogens with zero attached hydrogens (tertiary/aromatic N) is 2. The molecular formula is C15H20ClN3O2. The summed E-state index contributed by atoms with van der Waals surface area (Å²) in [6.45, 7) is 2.41. The summed E-state index contributed by atoms with van der Waals surface area (Å²) in [6.07, 6.45) is 5.53. The maximum absolute atomic E-state index is 12.4. The Morgan fingerprint density at radius 3 is 3.00 bits per heavy atom. The topological polar surface area (TPSA) is 54.5 Å². The number of piperidine rings is 1. The lowest BCUT2D eigenvalue weighted by Gasteiger charge is -2.34. The molecule has 6 heteroatoms. The fraction of sp³-hybridized carbons (Fsp3) is 0.600. The van der Waals surface area contributed by atoms with Crippen LogP contribution in [0.3, 0.4) is 0 Å². The molecule has 2 aliphatic rings. The van der Waals surface area contributed by atoms with Crippen molar-refractivity contribution in [3.8, 4) is 5.88 Å². The van der Waals surface area contributed by atoms with E-state index < -0.39 is 0 Å². The Hall–Kier alpha value is -1.33. The van der Waals surface area contributed by atoms with E-state index in [-0.39, 0.29) is 18.1 Å². The first-order valence-corrected chi connectivity index (χ1v) is 7.90. The van der Waals surface area contributed by atoms with E-state index in [1.54, 1.807) is 18.3 Å². The molecule has 2 fully saturated rings. The quantitative estimate of drug-likeness (QED) is 0.926. The molecule has 1 amide bonds. The number of carbonyl (C=O) groups is 1. The van der Waals surface area contributed by atoms with Gasteiger partial charge in [0.2, 0.25) is 11.8 Å². The first kappa shape index (κ1) is 14.6. The van der Waals surface area contributed by atoms with Gasteiger partial charge in [-0.15, -0.1) is 0 Å². The Balaban J connectivity index is 1.57. The van der Waals surface area contributed by atoms with E-state index in [1.807, 2.05) is 4.90 Å². The predicted octanol–water partition coefficient (Wildman–Crippen LogP) is 1.86. The van der Waals surface area contributed by atoms with Crippen LogP contribution in [0.25, 0.3) is 0 Å². The highest BCUT2D eigenvalue weighted by atomic mass is 35.5. The molecular weight excluding hydrogens is 290 g/mol. The minimum absolute atomic E-state index is 0.00240. The van der Waals surface area contributed by atoms with Crippen LogP contribution in [-0.2, 0) is 4.79 Å². The Kier molecular flexibility index (Phi) is 4.60. The van der Waals surface area contributed by atoms with Crippen LogP contribution < -0.4 is 10.1 Å². The second-order valence-electron chi connectivity index (χ2n) is 5.63. The molecule has 3 rings (SSSR count). The monoisotopic (exact) mass is 309 g/mol. The number of carbonyl (C=O) groups excluding carboxylic acids is 1. The summed E-state index contributed by atoms with van der Waals surface area (Å²) in [5, 5.41) is 3.86. The number of nitrogens with one attached hydrogen (secondary N) is 1. The van der Waals surface area contributed by atoms with Gasteiger partial charge in [0, 0.05) is 18.8 Å². The lowest BCUT2D eigenvalue weighted by atomic mass is 10.1. The zero-order valence-electron chi connectivity index (χ0n) is 11.9. The molecule has 1 aromatic rings. The number of aromatic nitrogens is 1. The van der Waals surface area contributed by atoms with Crippen LogP contribution in [-0.4, -0.2) is 47.6 Å². The minimum atomic E-state index is -0.00240. The summed E-state index contributed by atoms with van der Waals surface area (Å²) in [6, 6.07) is 3.53. The minimum Gasteiger partial charge on any atom is -0.472 e. The lowest BCUT2D eigenvalue weighted by Crippen LogP contribution is -2.50. The molecule has 0 radical (unpaired) electrons.